The molecule has 4 rings (SSSR count). The van der Waals surface area contributed by atoms with Crippen LogP contribution in [0.5, 0.6) is 0 Å². The molecule has 0 fully saturated rings. The highest BCUT2D eigenvalue weighted by atomic mass is 35.5. The summed E-state index contributed by atoms with van der Waals surface area (Å²) >= 11 is 11.3. The Morgan fingerprint density at radius 3 is 1.79 bits per heavy atom. The first-order chi connectivity index (χ1) is 22.3. The van der Waals surface area contributed by atoms with Crippen LogP contribution in [0.25, 0.3) is 21.8 Å². The third-order valence-electron chi connectivity index (χ3n) is 5.01. The maximum absolute atomic E-state index is 12.7. The van der Waals surface area contributed by atoms with Crippen molar-refractivity contribution in [2.75, 3.05) is 13.6 Å². The smallest absolute Gasteiger partial charge is 0.125 e. The Morgan fingerprint density at radius 2 is 1.32 bits per heavy atom. The average molecular weight is 689 g/mol. The van der Waals surface area contributed by atoms with Crippen molar-refractivity contribution in [3.63, 3.8) is 0 Å². The Kier molecular flexibility index (Phi) is 30.6. The van der Waals surface area contributed by atoms with E-state index in [1.165, 1.54) is 25.1 Å². The van der Waals surface area contributed by atoms with Crippen molar-refractivity contribution in [1.29, 1.82) is 0 Å². The fraction of sp³-hybridized carbons (Fsp3) is 0.350. The molecule has 47 heavy (non-hydrogen) atoms. The molecule has 0 aliphatic carbocycles. The second-order valence-corrected chi connectivity index (χ2v) is 10.6. The van der Waals surface area contributed by atoms with Crippen molar-refractivity contribution in [2.24, 2.45) is 0 Å². The van der Waals surface area contributed by atoms with E-state index >= 15 is 0 Å². The molecule has 0 radical (unpaired) electrons. The van der Waals surface area contributed by atoms with Crippen LogP contribution in [0.1, 0.15) is 80.4 Å². The lowest BCUT2D eigenvalue weighted by molar-refractivity contribution is 0.629. The fourth-order valence-corrected chi connectivity index (χ4v) is 3.59. The molecule has 4 aromatic rings. The molecule has 0 aliphatic heterocycles. The van der Waals surface area contributed by atoms with Gasteiger partial charge in [0.25, 0.3) is 0 Å². The van der Waals surface area contributed by atoms with Gasteiger partial charge < -0.3 is 5.32 Å². The molecule has 3 nitrogen and oxygen atoms in total. The van der Waals surface area contributed by atoms with Crippen LogP contribution < -0.4 is 5.32 Å². The van der Waals surface area contributed by atoms with Gasteiger partial charge in [0.05, 0.1) is 16.9 Å². The summed E-state index contributed by atoms with van der Waals surface area (Å²) < 4.78 is 24.9. The van der Waals surface area contributed by atoms with Gasteiger partial charge in [-0.2, -0.15) is 0 Å². The van der Waals surface area contributed by atoms with Crippen molar-refractivity contribution in [3.8, 4) is 0 Å². The number of pyridine rings is 2. The number of aromatic nitrogens is 2. The van der Waals surface area contributed by atoms with Gasteiger partial charge in [-0.05, 0) is 114 Å². The van der Waals surface area contributed by atoms with Gasteiger partial charge in [0, 0.05) is 45.8 Å². The predicted octanol–water partition coefficient (Wildman–Crippen LogP) is 13.7. The van der Waals surface area contributed by atoms with Gasteiger partial charge >= 0.3 is 0 Å². The summed E-state index contributed by atoms with van der Waals surface area (Å²) in [5.74, 6) is -0.443. The molecule has 0 atom stereocenters. The van der Waals surface area contributed by atoms with Crippen molar-refractivity contribution in [2.45, 2.75) is 83.1 Å². The van der Waals surface area contributed by atoms with Gasteiger partial charge in [-0.25, -0.2) is 8.78 Å². The van der Waals surface area contributed by atoms with Crippen LogP contribution in [-0.4, -0.2) is 23.6 Å². The zero-order valence-corrected chi connectivity index (χ0v) is 32.3. The SMILES string of the molecule is C=C(C=C(C)C)/C=C(\C)F.CC.CC.CC.CNC/C=C(\C)Cl.Cc1cnc2cc(F)ccc2c1.Cc1cnc2ccc(Cl)cc2c1. The first-order valence-corrected chi connectivity index (χ1v) is 16.7. The van der Waals surface area contributed by atoms with Crippen molar-refractivity contribution in [3.05, 3.63) is 130 Å². The third kappa shape index (κ3) is 25.4. The Hall–Kier alpha value is -3.38. The number of nitrogens with zero attached hydrogens (tertiary/aromatic N) is 2. The minimum absolute atomic E-state index is 0.206. The number of halogens is 4. The maximum Gasteiger partial charge on any atom is 0.125 e. The van der Waals surface area contributed by atoms with E-state index in [0.29, 0.717) is 11.1 Å². The van der Waals surface area contributed by atoms with Crippen LogP contribution in [0.3, 0.4) is 0 Å². The molecular weight excluding hydrogens is 631 g/mol. The molecule has 2 aromatic heterocycles. The Bertz CT molecular complexity index is 1420. The largest absolute Gasteiger partial charge is 0.316 e. The molecule has 0 bridgehead atoms. The average Bonchev–Trinajstić information content (AvgIpc) is 3.03. The molecule has 1 N–H and O–H groups in total. The second-order valence-electron chi connectivity index (χ2n) is 9.58. The summed E-state index contributed by atoms with van der Waals surface area (Å²) in [6.45, 7) is 27.7. The van der Waals surface area contributed by atoms with E-state index in [9.17, 15) is 8.78 Å². The molecular formula is C40H57Cl2F2N3. The number of allylic oxidation sites excluding steroid dienone is 6. The highest BCUT2D eigenvalue weighted by molar-refractivity contribution is 6.31. The normalized spacial score (nSPS) is 9.89. The van der Waals surface area contributed by atoms with Gasteiger partial charge in [0.2, 0.25) is 0 Å². The lowest BCUT2D eigenvalue weighted by atomic mass is 10.2. The monoisotopic (exact) mass is 687 g/mol. The van der Waals surface area contributed by atoms with E-state index in [-0.39, 0.29) is 11.6 Å². The summed E-state index contributed by atoms with van der Waals surface area (Å²) in [6.07, 6.45) is 8.76. The van der Waals surface area contributed by atoms with Crippen LogP contribution in [0.2, 0.25) is 5.02 Å². The highest BCUT2D eigenvalue weighted by Gasteiger charge is 1.96. The maximum atomic E-state index is 12.7. The number of aryl methyl sites for hydroxylation is 2. The fourth-order valence-electron chi connectivity index (χ4n) is 3.33. The Labute approximate surface area is 294 Å². The lowest BCUT2D eigenvalue weighted by Crippen LogP contribution is -2.03. The van der Waals surface area contributed by atoms with Crippen LogP contribution in [0.4, 0.5) is 8.78 Å². The third-order valence-corrected chi connectivity index (χ3v) is 5.40. The minimum atomic E-state index is -0.237. The van der Waals surface area contributed by atoms with E-state index in [1.807, 2.05) is 126 Å². The summed E-state index contributed by atoms with van der Waals surface area (Å²) in [5.41, 5.74) is 5.78. The highest BCUT2D eigenvalue weighted by Crippen LogP contribution is 2.18. The first-order valence-electron chi connectivity index (χ1n) is 16.0. The van der Waals surface area contributed by atoms with Crippen LogP contribution >= 0.6 is 23.2 Å². The van der Waals surface area contributed by atoms with E-state index in [2.05, 4.69) is 27.9 Å². The van der Waals surface area contributed by atoms with Crippen molar-refractivity contribution < 1.29 is 8.78 Å². The van der Waals surface area contributed by atoms with E-state index in [4.69, 9.17) is 23.2 Å². The molecule has 2 heterocycles. The predicted molar refractivity (Wildman–Crippen MR) is 209 cm³/mol. The van der Waals surface area contributed by atoms with Gasteiger partial charge in [0.1, 0.15) is 5.82 Å². The van der Waals surface area contributed by atoms with Gasteiger partial charge in [0.15, 0.2) is 0 Å². The molecule has 0 aliphatic rings. The Balaban J connectivity index is -0.000000529. The van der Waals surface area contributed by atoms with Crippen molar-refractivity contribution >= 4 is 45.0 Å². The number of rotatable bonds is 4. The molecule has 260 valence electrons. The minimum Gasteiger partial charge on any atom is -0.316 e. The Morgan fingerprint density at radius 1 is 0.787 bits per heavy atom. The van der Waals surface area contributed by atoms with Gasteiger partial charge in [-0.15, -0.1) is 0 Å². The number of hydrogen-bond donors (Lipinski definition) is 1. The zero-order chi connectivity index (χ0) is 36.9. The first kappa shape index (κ1) is 48.0. The molecule has 0 spiro atoms. The van der Waals surface area contributed by atoms with E-state index in [0.717, 1.165) is 49.6 Å². The molecule has 7 heteroatoms. The quantitative estimate of drug-likeness (QED) is 0.217. The van der Waals surface area contributed by atoms with Crippen LogP contribution in [0.15, 0.2) is 108 Å². The lowest BCUT2D eigenvalue weighted by Gasteiger charge is -1.98. The standard InChI is InChI=1S/C10H8ClN.C10H8FN.C9H13F.C5H10ClN.3C2H6/c1-7-4-8-5-9(11)2-3-10(8)12-6-7;1-7-4-8-2-3-9(11)5-10(8)12-6-7;1-7(2)5-8(3)6-9(4)10;1-5(6)3-4-7-2;3*1-2/h2*2-6H,1H3;5-6H,3H2,1-2,4H3;3,7H,4H2,1-2H3;3*1-2H3/b;;9-6+;5-3+;;;. The topological polar surface area (TPSA) is 37.8 Å². The number of fused-ring (bicyclic) bond motifs is 2. The summed E-state index contributed by atoms with van der Waals surface area (Å²) in [7, 11) is 1.89. The van der Waals surface area contributed by atoms with E-state index in [1.54, 1.807) is 12.3 Å². The molecule has 0 amide bonds. The molecule has 0 saturated carbocycles. The summed E-state index contributed by atoms with van der Waals surface area (Å²) in [5, 5.41) is 6.62. The van der Waals surface area contributed by atoms with E-state index < -0.39 is 0 Å². The molecule has 2 aromatic carbocycles. The molecule has 0 unspecified atom stereocenters. The summed E-state index contributed by atoms with van der Waals surface area (Å²) in [6, 6.07) is 14.4. The van der Waals surface area contributed by atoms with Crippen LogP contribution in [-0.2, 0) is 0 Å². The number of nitrogens with one attached hydrogen (secondary N) is 1. The van der Waals surface area contributed by atoms with Crippen LogP contribution in [0, 0.1) is 19.7 Å². The summed E-state index contributed by atoms with van der Waals surface area (Å²) in [4.78, 5) is 8.36. The van der Waals surface area contributed by atoms with Gasteiger partial charge in [-0.1, -0.05) is 89.0 Å². The second kappa shape index (κ2) is 30.0. The zero-order valence-electron chi connectivity index (χ0n) is 30.8. The van der Waals surface area contributed by atoms with Crippen molar-refractivity contribution in [1.82, 2.24) is 15.3 Å². The van der Waals surface area contributed by atoms with Gasteiger partial charge in [-0.3, -0.25) is 9.97 Å². The molecule has 0 saturated heterocycles. The number of likely N-dealkylation sites (N-methyl/N-ethyl adjacent to an activating group) is 1. The number of benzene rings is 2. The number of hydrogen-bond acceptors (Lipinski definition) is 3.